The number of ether oxygens (including phenoxy) is 1. The van der Waals surface area contributed by atoms with Gasteiger partial charge in [0, 0.05) is 12.2 Å². The van der Waals surface area contributed by atoms with Gasteiger partial charge in [-0.1, -0.05) is 43.2 Å². The Balaban J connectivity index is 2.70. The third-order valence-corrected chi connectivity index (χ3v) is 3.92. The number of hydrogen-bond donors (Lipinski definition) is 1. The lowest BCUT2D eigenvalue weighted by Crippen LogP contribution is -2.56. The molecule has 1 aromatic carbocycles. The zero-order valence-corrected chi connectivity index (χ0v) is 14.6. The van der Waals surface area contributed by atoms with Crippen LogP contribution in [0.15, 0.2) is 42.2 Å². The Hall–Kier alpha value is -2.10. The van der Waals surface area contributed by atoms with E-state index >= 15 is 0 Å². The van der Waals surface area contributed by atoms with Crippen LogP contribution < -0.4 is 0 Å². The fraction of sp³-hybridized carbons (Fsp3) is 0.500. The largest absolute Gasteiger partial charge is 0.476 e. The van der Waals surface area contributed by atoms with E-state index < -0.39 is 41.9 Å². The van der Waals surface area contributed by atoms with Crippen LogP contribution in [0.4, 0.5) is 30.7 Å². The third kappa shape index (κ3) is 5.95. The Morgan fingerprint density at radius 2 is 1.46 bits per heavy atom. The molecule has 158 valence electrons. The summed E-state index contributed by atoms with van der Waals surface area (Å²) < 4.78 is 97.8. The summed E-state index contributed by atoms with van der Waals surface area (Å²) >= 11 is 0. The van der Waals surface area contributed by atoms with Gasteiger partial charge in [-0.15, -0.1) is 0 Å². The van der Waals surface area contributed by atoms with Crippen molar-refractivity contribution in [3.63, 3.8) is 0 Å². The molecule has 0 saturated carbocycles. The molecule has 1 N–H and O–H groups in total. The smallest absolute Gasteiger partial charge is 0.430 e. The van der Waals surface area contributed by atoms with Gasteiger partial charge in [0.1, 0.15) is 0 Å². The average Bonchev–Trinajstić information content (AvgIpc) is 2.58. The van der Waals surface area contributed by atoms with Crippen LogP contribution >= 0.6 is 0 Å². The molecule has 0 fully saturated rings. The summed E-state index contributed by atoms with van der Waals surface area (Å²) in [7, 11) is 0. The zero-order chi connectivity index (χ0) is 21.4. The number of allylic oxidation sites excluding steroid dienone is 1. The van der Waals surface area contributed by atoms with Crippen molar-refractivity contribution in [2.45, 2.75) is 50.1 Å². The highest BCUT2D eigenvalue weighted by Gasteiger charge is 2.73. The second kappa shape index (κ2) is 9.90. The van der Waals surface area contributed by atoms with Gasteiger partial charge in [0.15, 0.2) is 0 Å². The standard InChI is InChI=1S/C18H19F7O3/c19-14(15(26)27)11-7-2-1-3-8-12-28-16(17(20,21)22,18(23,24)25)13-9-5-4-6-10-13/h4-6,9-11H,1-3,7-8,12H2,(H,26,27). The van der Waals surface area contributed by atoms with Gasteiger partial charge in [-0.05, 0) is 25.3 Å². The topological polar surface area (TPSA) is 46.5 Å². The van der Waals surface area contributed by atoms with Crippen LogP contribution in [0.25, 0.3) is 0 Å². The molecule has 1 rings (SSSR count). The average molecular weight is 416 g/mol. The highest BCUT2D eigenvalue weighted by Crippen LogP contribution is 2.52. The zero-order valence-electron chi connectivity index (χ0n) is 14.6. The molecule has 0 amide bonds. The minimum Gasteiger partial charge on any atom is -0.476 e. The number of alkyl halides is 6. The van der Waals surface area contributed by atoms with E-state index in [0.29, 0.717) is 25.0 Å². The van der Waals surface area contributed by atoms with Crippen molar-refractivity contribution in [3.05, 3.63) is 47.8 Å². The van der Waals surface area contributed by atoms with Crippen molar-refractivity contribution in [2.75, 3.05) is 6.61 Å². The van der Waals surface area contributed by atoms with Crippen molar-refractivity contribution in [2.24, 2.45) is 0 Å². The summed E-state index contributed by atoms with van der Waals surface area (Å²) in [5.41, 5.74) is -5.47. The number of carbonyl (C=O) groups is 1. The first-order valence-electron chi connectivity index (χ1n) is 8.35. The predicted octanol–water partition coefficient (Wildman–Crippen LogP) is 5.91. The maximum atomic E-state index is 13.4. The Morgan fingerprint density at radius 3 is 1.96 bits per heavy atom. The first kappa shape index (κ1) is 23.9. The highest BCUT2D eigenvalue weighted by atomic mass is 19.4. The third-order valence-electron chi connectivity index (χ3n) is 3.92. The van der Waals surface area contributed by atoms with Crippen LogP contribution in [0.2, 0.25) is 0 Å². The molecule has 3 nitrogen and oxygen atoms in total. The van der Waals surface area contributed by atoms with Crippen LogP contribution in [0.3, 0.4) is 0 Å². The van der Waals surface area contributed by atoms with Gasteiger partial charge in [-0.25, -0.2) is 4.79 Å². The number of unbranched alkanes of at least 4 members (excludes halogenated alkanes) is 4. The Bertz CT molecular complexity index is 637. The number of halogens is 7. The minimum absolute atomic E-state index is 0.0775. The van der Waals surface area contributed by atoms with Crippen molar-refractivity contribution in [1.29, 1.82) is 0 Å². The monoisotopic (exact) mass is 416 g/mol. The quantitative estimate of drug-likeness (QED) is 0.293. The van der Waals surface area contributed by atoms with Crippen LogP contribution in [-0.4, -0.2) is 30.0 Å². The number of carboxylic acid groups (broad SMARTS) is 1. The molecule has 0 aliphatic rings. The molecule has 0 aromatic heterocycles. The van der Waals surface area contributed by atoms with Gasteiger partial charge in [0.2, 0.25) is 5.83 Å². The lowest BCUT2D eigenvalue weighted by atomic mass is 9.92. The second-order valence-electron chi connectivity index (χ2n) is 5.95. The van der Waals surface area contributed by atoms with E-state index in [9.17, 15) is 35.5 Å². The van der Waals surface area contributed by atoms with Crippen LogP contribution in [0, 0.1) is 0 Å². The fourth-order valence-corrected chi connectivity index (χ4v) is 2.55. The Morgan fingerprint density at radius 1 is 0.929 bits per heavy atom. The number of benzene rings is 1. The van der Waals surface area contributed by atoms with E-state index in [2.05, 4.69) is 4.74 Å². The van der Waals surface area contributed by atoms with E-state index in [1.54, 1.807) is 0 Å². The summed E-state index contributed by atoms with van der Waals surface area (Å²) in [6, 6.07) is 4.85. The first-order chi connectivity index (χ1) is 12.9. The van der Waals surface area contributed by atoms with Gasteiger partial charge >= 0.3 is 18.3 Å². The first-order valence-corrected chi connectivity index (χ1v) is 8.35. The Kier molecular flexibility index (Phi) is 8.47. The fourth-order valence-electron chi connectivity index (χ4n) is 2.55. The molecule has 0 atom stereocenters. The lowest BCUT2D eigenvalue weighted by Gasteiger charge is -2.37. The summed E-state index contributed by atoms with van der Waals surface area (Å²) in [6.07, 6.45) is -9.62. The van der Waals surface area contributed by atoms with Gasteiger partial charge in [-0.2, -0.15) is 30.7 Å². The number of carboxylic acids is 1. The second-order valence-corrected chi connectivity index (χ2v) is 5.95. The van der Waals surface area contributed by atoms with Crippen LogP contribution in [-0.2, 0) is 15.1 Å². The van der Waals surface area contributed by atoms with Crippen LogP contribution in [0.1, 0.15) is 37.7 Å². The molecule has 10 heteroatoms. The molecule has 0 radical (unpaired) electrons. The van der Waals surface area contributed by atoms with Crippen molar-refractivity contribution in [3.8, 4) is 0 Å². The number of rotatable bonds is 10. The normalized spacial score (nSPS) is 13.6. The molecule has 0 saturated heterocycles. The van der Waals surface area contributed by atoms with E-state index in [0.717, 1.165) is 18.2 Å². The number of hydrogen-bond acceptors (Lipinski definition) is 2. The van der Waals surface area contributed by atoms with E-state index in [-0.39, 0.29) is 19.3 Å². The molecule has 0 unspecified atom stereocenters. The van der Waals surface area contributed by atoms with Gasteiger partial charge in [-0.3, -0.25) is 0 Å². The molecule has 1 aromatic rings. The van der Waals surface area contributed by atoms with Crippen molar-refractivity contribution >= 4 is 5.97 Å². The molecule has 0 heterocycles. The molecule has 0 spiro atoms. The molecule has 0 bridgehead atoms. The van der Waals surface area contributed by atoms with E-state index in [1.165, 1.54) is 6.07 Å². The van der Waals surface area contributed by atoms with E-state index in [1.807, 2.05) is 0 Å². The molecular formula is C18H19F7O3. The van der Waals surface area contributed by atoms with Crippen molar-refractivity contribution < 1.29 is 45.4 Å². The molecule has 28 heavy (non-hydrogen) atoms. The summed E-state index contributed by atoms with van der Waals surface area (Å²) in [5, 5.41) is 8.31. The van der Waals surface area contributed by atoms with Crippen molar-refractivity contribution in [1.82, 2.24) is 0 Å². The minimum atomic E-state index is -5.72. The van der Waals surface area contributed by atoms with Gasteiger partial charge in [0.25, 0.3) is 5.60 Å². The van der Waals surface area contributed by atoms with Crippen LogP contribution in [0.5, 0.6) is 0 Å². The highest BCUT2D eigenvalue weighted by molar-refractivity contribution is 5.83. The van der Waals surface area contributed by atoms with Gasteiger partial charge in [0.05, 0.1) is 0 Å². The molecular weight excluding hydrogens is 397 g/mol. The number of aliphatic carboxylic acids is 1. The maximum absolute atomic E-state index is 13.4. The Labute approximate surface area is 156 Å². The molecule has 0 aliphatic heterocycles. The molecule has 0 aliphatic carbocycles. The summed E-state index contributed by atoms with van der Waals surface area (Å²) in [6.45, 7) is -0.784. The summed E-state index contributed by atoms with van der Waals surface area (Å²) in [4.78, 5) is 10.2. The maximum Gasteiger partial charge on any atom is 0.430 e. The predicted molar refractivity (Wildman–Crippen MR) is 86.1 cm³/mol. The van der Waals surface area contributed by atoms with Gasteiger partial charge < -0.3 is 9.84 Å². The lowest BCUT2D eigenvalue weighted by molar-refractivity contribution is -0.389. The SMILES string of the molecule is O=C(O)C(F)=CCCCCCCOC(c1ccccc1)(C(F)(F)F)C(F)(F)F. The summed E-state index contributed by atoms with van der Waals surface area (Å²) in [5.74, 6) is -3.02. The van der Waals surface area contributed by atoms with E-state index in [4.69, 9.17) is 5.11 Å².